The van der Waals surface area contributed by atoms with Crippen LogP contribution >= 0.6 is 11.6 Å². The van der Waals surface area contributed by atoms with Gasteiger partial charge in [0.05, 0.1) is 41.2 Å². The molecule has 0 saturated carbocycles. The molecule has 0 fully saturated rings. The van der Waals surface area contributed by atoms with Crippen molar-refractivity contribution in [2.75, 3.05) is 6.54 Å². The molecule has 2 aromatic rings. The molecule has 1 N–H and O–H groups in total. The molecule has 1 unspecified atom stereocenters. The lowest BCUT2D eigenvalue weighted by molar-refractivity contribution is 0.507. The maximum Gasteiger partial charge on any atom is 0.0946 e. The number of rotatable bonds is 6. The molecule has 6 heteroatoms. The zero-order chi connectivity index (χ0) is 13.8. The molecule has 104 valence electrons. The molecular formula is C13H20ClN5. The van der Waals surface area contributed by atoms with Gasteiger partial charge in [0, 0.05) is 13.6 Å². The molecule has 2 aromatic heterocycles. The van der Waals surface area contributed by atoms with E-state index in [0.29, 0.717) is 5.02 Å². The molecule has 0 spiro atoms. The smallest absolute Gasteiger partial charge is 0.0946 e. The van der Waals surface area contributed by atoms with Gasteiger partial charge in [-0.3, -0.25) is 4.68 Å². The summed E-state index contributed by atoms with van der Waals surface area (Å²) in [4.78, 5) is 4.19. The van der Waals surface area contributed by atoms with E-state index in [0.717, 1.165) is 30.9 Å². The maximum atomic E-state index is 6.33. The fourth-order valence-corrected chi connectivity index (χ4v) is 2.49. The Morgan fingerprint density at radius 3 is 2.74 bits per heavy atom. The lowest BCUT2D eigenvalue weighted by atomic mass is 10.1. The largest absolute Gasteiger partial charge is 0.336 e. The number of aromatic nitrogens is 4. The molecule has 0 aromatic carbocycles. The van der Waals surface area contributed by atoms with Crippen molar-refractivity contribution in [3.8, 4) is 0 Å². The highest BCUT2D eigenvalue weighted by molar-refractivity contribution is 6.31. The van der Waals surface area contributed by atoms with Crippen LogP contribution in [0.25, 0.3) is 0 Å². The van der Waals surface area contributed by atoms with Crippen LogP contribution in [0.5, 0.6) is 0 Å². The summed E-state index contributed by atoms with van der Waals surface area (Å²) in [5.41, 5.74) is 2.09. The predicted molar refractivity (Wildman–Crippen MR) is 76.3 cm³/mol. The van der Waals surface area contributed by atoms with Crippen molar-refractivity contribution in [3.63, 3.8) is 0 Å². The molecule has 1 atom stereocenters. The number of aryl methyl sites for hydroxylation is 2. The zero-order valence-electron chi connectivity index (χ0n) is 11.6. The van der Waals surface area contributed by atoms with E-state index in [1.165, 1.54) is 0 Å². The van der Waals surface area contributed by atoms with Crippen LogP contribution in [0, 0.1) is 0 Å². The summed E-state index contributed by atoms with van der Waals surface area (Å²) < 4.78 is 3.98. The Labute approximate surface area is 118 Å². The van der Waals surface area contributed by atoms with Crippen LogP contribution in [0.2, 0.25) is 5.02 Å². The monoisotopic (exact) mass is 281 g/mol. The second kappa shape index (κ2) is 6.21. The van der Waals surface area contributed by atoms with Crippen molar-refractivity contribution in [1.82, 2.24) is 24.6 Å². The molecule has 0 aliphatic heterocycles. The first kappa shape index (κ1) is 14.1. The van der Waals surface area contributed by atoms with E-state index in [9.17, 15) is 0 Å². The second-order valence-electron chi connectivity index (χ2n) is 4.52. The summed E-state index contributed by atoms with van der Waals surface area (Å²) in [7, 11) is 1.99. The topological polar surface area (TPSA) is 47.7 Å². The van der Waals surface area contributed by atoms with Crippen molar-refractivity contribution in [1.29, 1.82) is 0 Å². The molecule has 0 aliphatic rings. The Balaban J connectivity index is 2.44. The van der Waals surface area contributed by atoms with E-state index in [4.69, 9.17) is 11.6 Å². The minimum absolute atomic E-state index is 0.0130. The normalized spacial score (nSPS) is 12.8. The molecule has 2 heterocycles. The predicted octanol–water partition coefficient (Wildman–Crippen LogP) is 2.38. The zero-order valence-corrected chi connectivity index (χ0v) is 12.4. The van der Waals surface area contributed by atoms with Crippen molar-refractivity contribution in [2.24, 2.45) is 7.05 Å². The van der Waals surface area contributed by atoms with Gasteiger partial charge >= 0.3 is 0 Å². The fraction of sp³-hybridized carbons (Fsp3) is 0.538. The Kier molecular flexibility index (Phi) is 4.61. The third kappa shape index (κ3) is 2.82. The fourth-order valence-electron chi connectivity index (χ4n) is 2.24. The Hall–Kier alpha value is -1.33. The first-order valence-electron chi connectivity index (χ1n) is 6.59. The summed E-state index contributed by atoms with van der Waals surface area (Å²) >= 11 is 6.33. The Morgan fingerprint density at radius 2 is 2.16 bits per heavy atom. The van der Waals surface area contributed by atoms with Crippen molar-refractivity contribution in [2.45, 2.75) is 32.9 Å². The number of imidazole rings is 1. The van der Waals surface area contributed by atoms with E-state index < -0.39 is 0 Å². The molecule has 0 bridgehead atoms. The van der Waals surface area contributed by atoms with Crippen molar-refractivity contribution < 1.29 is 0 Å². The van der Waals surface area contributed by atoms with Gasteiger partial charge in [-0.2, -0.15) is 5.10 Å². The molecule has 19 heavy (non-hydrogen) atoms. The number of halogens is 1. The van der Waals surface area contributed by atoms with Gasteiger partial charge in [-0.05, 0) is 13.0 Å². The van der Waals surface area contributed by atoms with E-state index >= 15 is 0 Å². The third-order valence-electron chi connectivity index (χ3n) is 3.10. The van der Waals surface area contributed by atoms with Crippen LogP contribution in [0.3, 0.4) is 0 Å². The highest BCUT2D eigenvalue weighted by atomic mass is 35.5. The van der Waals surface area contributed by atoms with E-state index in [-0.39, 0.29) is 6.04 Å². The highest BCUT2D eigenvalue weighted by Gasteiger charge is 2.23. The average Bonchev–Trinajstić information content (AvgIpc) is 2.95. The molecular weight excluding hydrogens is 262 g/mol. The number of nitrogens with one attached hydrogen (secondary N) is 1. The lowest BCUT2D eigenvalue weighted by Crippen LogP contribution is -2.27. The lowest BCUT2D eigenvalue weighted by Gasteiger charge is -2.20. The molecule has 5 nitrogen and oxygen atoms in total. The minimum Gasteiger partial charge on any atom is -0.336 e. The van der Waals surface area contributed by atoms with Gasteiger partial charge in [0.25, 0.3) is 0 Å². The Bertz CT molecular complexity index is 531. The van der Waals surface area contributed by atoms with Crippen LogP contribution in [0.15, 0.2) is 18.7 Å². The van der Waals surface area contributed by atoms with Crippen LogP contribution in [-0.2, 0) is 13.6 Å². The van der Waals surface area contributed by atoms with E-state index in [1.54, 1.807) is 12.5 Å². The van der Waals surface area contributed by atoms with Gasteiger partial charge in [-0.25, -0.2) is 4.98 Å². The average molecular weight is 282 g/mol. The van der Waals surface area contributed by atoms with Crippen molar-refractivity contribution in [3.05, 3.63) is 35.1 Å². The summed E-state index contributed by atoms with van der Waals surface area (Å²) in [6, 6.07) is 0.0130. The van der Waals surface area contributed by atoms with Crippen LogP contribution in [0.4, 0.5) is 0 Å². The molecule has 2 rings (SSSR count). The molecule has 0 saturated heterocycles. The quantitative estimate of drug-likeness (QED) is 0.884. The summed E-state index contributed by atoms with van der Waals surface area (Å²) in [5.74, 6) is 0. The van der Waals surface area contributed by atoms with Crippen LogP contribution in [-0.4, -0.2) is 25.9 Å². The van der Waals surface area contributed by atoms with Gasteiger partial charge in [0.2, 0.25) is 0 Å². The summed E-state index contributed by atoms with van der Waals surface area (Å²) in [6.07, 6.45) is 6.41. The standard InChI is InChI=1S/C13H20ClN5/c1-4-6-19-13(10(14)7-17-19)12(16-5-2)11-8-15-9-18(11)3/h7-9,12,16H,4-6H2,1-3H3. The number of hydrogen-bond acceptors (Lipinski definition) is 3. The van der Waals surface area contributed by atoms with Gasteiger partial charge in [-0.15, -0.1) is 0 Å². The Morgan fingerprint density at radius 1 is 1.37 bits per heavy atom. The summed E-state index contributed by atoms with van der Waals surface area (Å²) in [6.45, 7) is 5.93. The van der Waals surface area contributed by atoms with E-state index in [1.807, 2.05) is 22.5 Å². The number of hydrogen-bond donors (Lipinski definition) is 1. The van der Waals surface area contributed by atoms with Crippen LogP contribution in [0.1, 0.15) is 37.7 Å². The third-order valence-corrected chi connectivity index (χ3v) is 3.39. The van der Waals surface area contributed by atoms with Gasteiger partial charge in [0.15, 0.2) is 0 Å². The van der Waals surface area contributed by atoms with Crippen molar-refractivity contribution >= 4 is 11.6 Å². The van der Waals surface area contributed by atoms with Gasteiger partial charge in [-0.1, -0.05) is 25.4 Å². The minimum atomic E-state index is 0.0130. The SMILES string of the molecule is CCCn1ncc(Cl)c1C(NCC)c1cncn1C. The molecule has 0 amide bonds. The van der Waals surface area contributed by atoms with Gasteiger partial charge < -0.3 is 9.88 Å². The first-order chi connectivity index (χ1) is 9.19. The van der Waals surface area contributed by atoms with E-state index in [2.05, 4.69) is 29.2 Å². The first-order valence-corrected chi connectivity index (χ1v) is 6.97. The number of nitrogens with zero attached hydrogens (tertiary/aromatic N) is 4. The van der Waals surface area contributed by atoms with Crippen LogP contribution < -0.4 is 5.32 Å². The van der Waals surface area contributed by atoms with Gasteiger partial charge in [0.1, 0.15) is 0 Å². The molecule has 0 aliphatic carbocycles. The molecule has 0 radical (unpaired) electrons. The summed E-state index contributed by atoms with van der Waals surface area (Å²) in [5, 5.41) is 8.52. The maximum absolute atomic E-state index is 6.33. The highest BCUT2D eigenvalue weighted by Crippen LogP contribution is 2.28. The second-order valence-corrected chi connectivity index (χ2v) is 4.93.